The summed E-state index contributed by atoms with van der Waals surface area (Å²) in [5, 5.41) is 4.78. The average molecular weight is 283 g/mol. The Kier molecular flexibility index (Phi) is 7.57. The third kappa shape index (κ3) is 5.59. The van der Waals surface area contributed by atoms with Gasteiger partial charge in [-0.05, 0) is 59.0 Å². The van der Waals surface area contributed by atoms with E-state index in [0.29, 0.717) is 6.04 Å². The Hall–Kier alpha value is -0.450. The Balaban J connectivity index is 2.27. The van der Waals surface area contributed by atoms with E-state index >= 15 is 0 Å². The van der Waals surface area contributed by atoms with Crippen LogP contribution >= 0.6 is 11.3 Å². The minimum absolute atomic E-state index is 0.417. The minimum atomic E-state index is 0.417. The number of nitrogens with zero attached hydrogens (tertiary/aromatic N) is 1. The molecule has 3 N–H and O–H groups in total. The van der Waals surface area contributed by atoms with Crippen LogP contribution < -0.4 is 11.1 Å². The molecule has 110 valence electrons. The van der Waals surface area contributed by atoms with Crippen LogP contribution in [0.5, 0.6) is 0 Å². The fourth-order valence-electron chi connectivity index (χ4n) is 2.54. The third-order valence-electron chi connectivity index (χ3n) is 3.72. The zero-order valence-electron chi connectivity index (χ0n) is 12.8. The molecule has 1 aromatic rings. The lowest BCUT2D eigenvalue weighted by Crippen LogP contribution is -2.20. The molecule has 4 heteroatoms. The predicted molar refractivity (Wildman–Crippen MR) is 84.7 cm³/mol. The van der Waals surface area contributed by atoms with Crippen molar-refractivity contribution in [1.82, 2.24) is 10.3 Å². The zero-order chi connectivity index (χ0) is 14.3. The van der Waals surface area contributed by atoms with Crippen molar-refractivity contribution in [2.24, 2.45) is 11.7 Å². The number of hydrogen-bond donors (Lipinski definition) is 2. The van der Waals surface area contributed by atoms with Gasteiger partial charge in [-0.1, -0.05) is 13.3 Å². The molecule has 0 aliphatic rings. The molecule has 0 radical (unpaired) electrons. The highest BCUT2D eigenvalue weighted by molar-refractivity contribution is 7.11. The van der Waals surface area contributed by atoms with E-state index in [1.165, 1.54) is 36.3 Å². The second-order valence-corrected chi connectivity index (χ2v) is 6.59. The van der Waals surface area contributed by atoms with Gasteiger partial charge in [-0.3, -0.25) is 0 Å². The molecule has 0 saturated carbocycles. The van der Waals surface area contributed by atoms with Gasteiger partial charge in [0.2, 0.25) is 0 Å². The monoisotopic (exact) mass is 283 g/mol. The molecular weight excluding hydrogens is 254 g/mol. The third-order valence-corrected chi connectivity index (χ3v) is 4.98. The Morgan fingerprint density at radius 1 is 1.32 bits per heavy atom. The van der Waals surface area contributed by atoms with Gasteiger partial charge in [0, 0.05) is 10.9 Å². The van der Waals surface area contributed by atoms with Crippen LogP contribution in [-0.2, 0) is 0 Å². The maximum Gasteiger partial charge on any atom is 0.0900 e. The Labute approximate surface area is 122 Å². The molecule has 2 unspecified atom stereocenters. The summed E-state index contributed by atoms with van der Waals surface area (Å²) in [6.45, 7) is 10.6. The van der Waals surface area contributed by atoms with E-state index in [1.807, 2.05) is 11.3 Å². The van der Waals surface area contributed by atoms with Gasteiger partial charge >= 0.3 is 0 Å². The van der Waals surface area contributed by atoms with Crippen LogP contribution in [0.2, 0.25) is 0 Å². The van der Waals surface area contributed by atoms with Crippen molar-refractivity contribution >= 4 is 11.3 Å². The predicted octanol–water partition coefficient (Wildman–Crippen LogP) is 3.57. The molecule has 0 amide bonds. The van der Waals surface area contributed by atoms with E-state index in [9.17, 15) is 0 Å². The van der Waals surface area contributed by atoms with Gasteiger partial charge in [-0.15, -0.1) is 11.3 Å². The second-order valence-electron chi connectivity index (χ2n) is 5.35. The molecule has 0 fully saturated rings. The first-order valence-electron chi connectivity index (χ1n) is 7.45. The van der Waals surface area contributed by atoms with Crippen LogP contribution in [-0.4, -0.2) is 18.1 Å². The lowest BCUT2D eigenvalue weighted by molar-refractivity contribution is 0.416. The number of aromatic nitrogens is 1. The summed E-state index contributed by atoms with van der Waals surface area (Å²) >= 11 is 1.81. The second kappa shape index (κ2) is 8.67. The largest absolute Gasteiger partial charge is 0.330 e. The highest BCUT2D eigenvalue weighted by Gasteiger charge is 2.12. The lowest BCUT2D eigenvalue weighted by atomic mass is 9.97. The summed E-state index contributed by atoms with van der Waals surface area (Å²) in [6, 6.07) is 0.417. The summed E-state index contributed by atoms with van der Waals surface area (Å²) in [5.41, 5.74) is 6.81. The van der Waals surface area contributed by atoms with Crippen LogP contribution in [0.15, 0.2) is 0 Å². The Morgan fingerprint density at radius 3 is 2.58 bits per heavy atom. The van der Waals surface area contributed by atoms with E-state index in [-0.39, 0.29) is 0 Å². The number of hydrogen-bond acceptors (Lipinski definition) is 4. The van der Waals surface area contributed by atoms with Crippen molar-refractivity contribution in [2.75, 3.05) is 13.1 Å². The van der Waals surface area contributed by atoms with Crippen molar-refractivity contribution in [3.05, 3.63) is 15.6 Å². The SMILES string of the molecule is CCC(CCN)CCCNC(C)c1sc(C)nc1C. The maximum atomic E-state index is 5.63. The molecule has 0 aromatic carbocycles. The van der Waals surface area contributed by atoms with Gasteiger partial charge in [-0.2, -0.15) is 0 Å². The molecule has 0 aliphatic carbocycles. The van der Waals surface area contributed by atoms with Crippen molar-refractivity contribution < 1.29 is 0 Å². The van der Waals surface area contributed by atoms with E-state index in [1.54, 1.807) is 0 Å². The molecule has 1 rings (SSSR count). The van der Waals surface area contributed by atoms with Gasteiger partial charge in [0.05, 0.1) is 10.7 Å². The lowest BCUT2D eigenvalue weighted by Gasteiger charge is -2.16. The average Bonchev–Trinajstić information content (AvgIpc) is 2.72. The molecular formula is C15H29N3S. The molecule has 0 aliphatic heterocycles. The first kappa shape index (κ1) is 16.6. The smallest absolute Gasteiger partial charge is 0.0900 e. The Bertz CT molecular complexity index is 362. The minimum Gasteiger partial charge on any atom is -0.330 e. The summed E-state index contributed by atoms with van der Waals surface area (Å²) in [7, 11) is 0. The van der Waals surface area contributed by atoms with Gasteiger partial charge in [0.15, 0.2) is 0 Å². The van der Waals surface area contributed by atoms with E-state index in [4.69, 9.17) is 5.73 Å². The van der Waals surface area contributed by atoms with Crippen LogP contribution in [0.1, 0.15) is 61.2 Å². The van der Waals surface area contributed by atoms with E-state index in [2.05, 4.69) is 38.0 Å². The summed E-state index contributed by atoms with van der Waals surface area (Å²) in [6.07, 6.45) is 4.94. The Morgan fingerprint density at radius 2 is 2.05 bits per heavy atom. The summed E-state index contributed by atoms with van der Waals surface area (Å²) < 4.78 is 0. The summed E-state index contributed by atoms with van der Waals surface area (Å²) in [4.78, 5) is 5.87. The van der Waals surface area contributed by atoms with Crippen LogP contribution in [0, 0.1) is 19.8 Å². The van der Waals surface area contributed by atoms with Crippen LogP contribution in [0.4, 0.5) is 0 Å². The van der Waals surface area contributed by atoms with Crippen molar-refractivity contribution in [3.8, 4) is 0 Å². The fourth-order valence-corrected chi connectivity index (χ4v) is 3.49. The number of rotatable bonds is 9. The number of thiazole rings is 1. The molecule has 0 saturated heterocycles. The molecule has 1 heterocycles. The molecule has 19 heavy (non-hydrogen) atoms. The van der Waals surface area contributed by atoms with Gasteiger partial charge in [0.25, 0.3) is 0 Å². The van der Waals surface area contributed by atoms with Gasteiger partial charge in [0.1, 0.15) is 0 Å². The maximum absolute atomic E-state index is 5.63. The van der Waals surface area contributed by atoms with Crippen molar-refractivity contribution in [1.29, 1.82) is 0 Å². The van der Waals surface area contributed by atoms with Gasteiger partial charge in [-0.25, -0.2) is 4.98 Å². The zero-order valence-corrected chi connectivity index (χ0v) is 13.6. The van der Waals surface area contributed by atoms with Crippen LogP contribution in [0.3, 0.4) is 0 Å². The molecule has 3 nitrogen and oxygen atoms in total. The van der Waals surface area contributed by atoms with E-state index < -0.39 is 0 Å². The number of nitrogens with two attached hydrogens (primary N) is 1. The molecule has 1 aromatic heterocycles. The summed E-state index contributed by atoms with van der Waals surface area (Å²) in [5.74, 6) is 0.800. The van der Waals surface area contributed by atoms with Crippen molar-refractivity contribution in [2.45, 2.75) is 59.4 Å². The molecule has 2 atom stereocenters. The number of nitrogens with one attached hydrogen (secondary N) is 1. The highest BCUT2D eigenvalue weighted by atomic mass is 32.1. The van der Waals surface area contributed by atoms with Gasteiger partial charge < -0.3 is 11.1 Å². The first-order valence-corrected chi connectivity index (χ1v) is 8.27. The topological polar surface area (TPSA) is 50.9 Å². The van der Waals surface area contributed by atoms with Crippen LogP contribution in [0.25, 0.3) is 0 Å². The first-order chi connectivity index (χ1) is 9.08. The van der Waals surface area contributed by atoms with Crippen molar-refractivity contribution in [3.63, 3.8) is 0 Å². The molecule has 0 bridgehead atoms. The fraction of sp³-hybridized carbons (Fsp3) is 0.800. The number of aryl methyl sites for hydroxylation is 2. The van der Waals surface area contributed by atoms with E-state index in [0.717, 1.165) is 24.0 Å². The molecule has 0 spiro atoms. The normalized spacial score (nSPS) is 14.6. The highest BCUT2D eigenvalue weighted by Crippen LogP contribution is 2.24. The quantitative estimate of drug-likeness (QED) is 0.681. The standard InChI is InChI=1S/C15H29N3S/c1-5-14(8-9-16)7-6-10-17-11(2)15-12(3)18-13(4)19-15/h11,14,17H,5-10,16H2,1-4H3.